The minimum Gasteiger partial charge on any atom is -0.337 e. The maximum absolute atomic E-state index is 13.5. The Morgan fingerprint density at radius 3 is 2.36 bits per heavy atom. The quantitative estimate of drug-likeness (QED) is 0.563. The molecule has 8 nitrogen and oxygen atoms in total. The van der Waals surface area contributed by atoms with Crippen molar-refractivity contribution in [3.8, 4) is 0 Å². The average Bonchev–Trinajstić information content (AvgIpc) is 2.88. The van der Waals surface area contributed by atoms with Crippen LogP contribution in [0.2, 0.25) is 0 Å². The normalized spacial score (nSPS) is 20.4. The third kappa shape index (κ3) is 6.02. The number of carbonyl (C=O) groups excluding carboxylic acids is 3. The van der Waals surface area contributed by atoms with E-state index >= 15 is 0 Å². The van der Waals surface area contributed by atoms with Gasteiger partial charge in [0, 0.05) is 20.1 Å². The molecule has 192 valence electrons. The van der Waals surface area contributed by atoms with Crippen molar-refractivity contribution in [2.24, 2.45) is 0 Å². The first-order chi connectivity index (χ1) is 17.5. The second-order valence-electron chi connectivity index (χ2n) is 9.26. The molecule has 2 saturated heterocycles. The highest BCUT2D eigenvalue weighted by Gasteiger charge is 2.50. The van der Waals surface area contributed by atoms with Gasteiger partial charge in [-0.25, -0.2) is 14.8 Å². The number of nitrogens with one attached hydrogen (secondary N) is 1. The number of thioether (sulfide) groups is 1. The number of rotatable bonds is 9. The molecule has 9 heteroatoms. The van der Waals surface area contributed by atoms with Crippen molar-refractivity contribution in [2.75, 3.05) is 38.7 Å². The van der Waals surface area contributed by atoms with Crippen molar-refractivity contribution in [1.29, 1.82) is 0 Å². The van der Waals surface area contributed by atoms with Crippen LogP contribution in [0.1, 0.15) is 24.0 Å². The fourth-order valence-electron chi connectivity index (χ4n) is 4.99. The predicted molar refractivity (Wildman–Crippen MR) is 142 cm³/mol. The molecule has 2 fully saturated rings. The number of hydrogen-bond acceptors (Lipinski definition) is 5. The van der Waals surface area contributed by atoms with Crippen LogP contribution >= 0.6 is 11.8 Å². The topological polar surface area (TPSA) is 76.2 Å². The summed E-state index contributed by atoms with van der Waals surface area (Å²) in [6.45, 7) is 1.34. The lowest BCUT2D eigenvalue weighted by Gasteiger charge is -2.54. The highest BCUT2D eigenvalue weighted by molar-refractivity contribution is 7.98. The van der Waals surface area contributed by atoms with Gasteiger partial charge in [0.25, 0.3) is 0 Å². The summed E-state index contributed by atoms with van der Waals surface area (Å²) in [6, 6.07) is 19.1. The smallest absolute Gasteiger partial charge is 0.334 e. The average molecular weight is 510 g/mol. The maximum Gasteiger partial charge on any atom is 0.334 e. The Bertz CT molecular complexity index is 1040. The summed E-state index contributed by atoms with van der Waals surface area (Å²) >= 11 is 1.66. The zero-order valence-corrected chi connectivity index (χ0v) is 21.8. The third-order valence-electron chi connectivity index (χ3n) is 6.77. The Labute approximate surface area is 217 Å². The zero-order valence-electron chi connectivity index (χ0n) is 21.0. The van der Waals surface area contributed by atoms with E-state index in [2.05, 4.69) is 17.4 Å². The van der Waals surface area contributed by atoms with E-state index in [1.165, 1.54) is 5.56 Å². The second kappa shape index (κ2) is 12.3. The van der Waals surface area contributed by atoms with E-state index in [1.54, 1.807) is 33.7 Å². The second-order valence-corrected chi connectivity index (χ2v) is 10.2. The summed E-state index contributed by atoms with van der Waals surface area (Å²) in [5, 5.41) is 6.29. The standard InChI is InChI=1S/C27H35N5O3S/c1-29-20-25(33)31-23(15-17-36-2)26(34)30(16-9-14-21-10-5-3-6-11-21)19-24(31)32(29)27(35)28-18-22-12-7-4-8-13-22/h3-8,10-13,23-24H,9,14-20H2,1-2H3,(H,28,35)/t23-,24-/m0/s1. The van der Waals surface area contributed by atoms with Crippen LogP contribution in [0, 0.1) is 0 Å². The molecule has 0 unspecified atom stereocenters. The molecule has 4 rings (SSSR count). The maximum atomic E-state index is 13.5. The lowest BCUT2D eigenvalue weighted by Crippen LogP contribution is -2.76. The Morgan fingerprint density at radius 2 is 1.69 bits per heavy atom. The minimum absolute atomic E-state index is 0.0177. The zero-order chi connectivity index (χ0) is 25.5. The summed E-state index contributed by atoms with van der Waals surface area (Å²) in [4.78, 5) is 43.6. The molecule has 2 aromatic carbocycles. The van der Waals surface area contributed by atoms with Crippen molar-refractivity contribution in [2.45, 2.75) is 38.0 Å². The molecule has 0 aliphatic carbocycles. The van der Waals surface area contributed by atoms with Crippen LogP contribution in [0.25, 0.3) is 0 Å². The Kier molecular flexibility index (Phi) is 8.88. The Balaban J connectivity index is 1.51. The van der Waals surface area contributed by atoms with Crippen molar-refractivity contribution >= 4 is 29.6 Å². The van der Waals surface area contributed by atoms with Crippen molar-refractivity contribution in [1.82, 2.24) is 25.1 Å². The SMILES string of the molecule is CSCC[C@H]1C(=O)N(CCCc2ccccc2)C[C@H]2N1C(=O)CN(C)N2C(=O)NCc1ccccc1. The summed E-state index contributed by atoms with van der Waals surface area (Å²) in [5.74, 6) is 0.634. The lowest BCUT2D eigenvalue weighted by molar-refractivity contribution is -0.187. The molecule has 2 aliphatic heterocycles. The van der Waals surface area contributed by atoms with Gasteiger partial charge in [0.2, 0.25) is 11.8 Å². The molecule has 0 saturated carbocycles. The number of piperazine rings is 1. The van der Waals surface area contributed by atoms with Crippen LogP contribution in [0.15, 0.2) is 60.7 Å². The molecular formula is C27H35N5O3S. The van der Waals surface area contributed by atoms with Crippen LogP contribution < -0.4 is 5.32 Å². The number of amides is 4. The number of carbonyl (C=O) groups is 3. The molecule has 2 aliphatic rings. The number of hydrogen-bond donors (Lipinski definition) is 1. The van der Waals surface area contributed by atoms with Gasteiger partial charge in [-0.2, -0.15) is 11.8 Å². The number of likely N-dealkylation sites (N-methyl/N-ethyl adjacent to an activating group) is 1. The van der Waals surface area contributed by atoms with Gasteiger partial charge in [0.15, 0.2) is 0 Å². The fourth-order valence-corrected chi connectivity index (χ4v) is 5.44. The van der Waals surface area contributed by atoms with Crippen molar-refractivity contribution < 1.29 is 14.4 Å². The van der Waals surface area contributed by atoms with Crippen LogP contribution in [-0.2, 0) is 22.6 Å². The molecular weight excluding hydrogens is 474 g/mol. The first-order valence-electron chi connectivity index (χ1n) is 12.4. The summed E-state index contributed by atoms with van der Waals surface area (Å²) in [7, 11) is 1.75. The van der Waals surface area contributed by atoms with E-state index < -0.39 is 12.2 Å². The molecule has 2 atom stereocenters. The number of nitrogens with zero attached hydrogens (tertiary/aromatic N) is 4. The molecule has 0 bridgehead atoms. The van der Waals surface area contributed by atoms with Crippen molar-refractivity contribution in [3.63, 3.8) is 0 Å². The van der Waals surface area contributed by atoms with E-state index in [0.29, 0.717) is 26.1 Å². The van der Waals surface area contributed by atoms with Crippen LogP contribution in [0.4, 0.5) is 4.79 Å². The number of urea groups is 1. The van der Waals surface area contributed by atoms with E-state index in [1.807, 2.05) is 59.7 Å². The first-order valence-corrected chi connectivity index (χ1v) is 13.8. The van der Waals surface area contributed by atoms with Crippen LogP contribution in [-0.4, -0.2) is 88.6 Å². The largest absolute Gasteiger partial charge is 0.337 e. The molecule has 36 heavy (non-hydrogen) atoms. The number of hydrazine groups is 1. The minimum atomic E-state index is -0.557. The van der Waals surface area contributed by atoms with E-state index in [-0.39, 0.29) is 24.4 Å². The van der Waals surface area contributed by atoms with E-state index in [9.17, 15) is 14.4 Å². The predicted octanol–water partition coefficient (Wildman–Crippen LogP) is 2.81. The Hall–Kier alpha value is -3.04. The van der Waals surface area contributed by atoms with Gasteiger partial charge in [-0.1, -0.05) is 60.7 Å². The van der Waals surface area contributed by atoms with Gasteiger partial charge in [-0.3, -0.25) is 9.59 Å². The number of fused-ring (bicyclic) bond motifs is 1. The number of aryl methyl sites for hydroxylation is 1. The first kappa shape index (κ1) is 26.0. The van der Waals surface area contributed by atoms with Gasteiger partial charge >= 0.3 is 6.03 Å². The number of benzene rings is 2. The van der Waals surface area contributed by atoms with Gasteiger partial charge in [0.05, 0.1) is 13.1 Å². The molecule has 1 N–H and O–H groups in total. The van der Waals surface area contributed by atoms with Crippen LogP contribution in [0.5, 0.6) is 0 Å². The molecule has 2 heterocycles. The van der Waals surface area contributed by atoms with Crippen LogP contribution in [0.3, 0.4) is 0 Å². The molecule has 0 aromatic heterocycles. The molecule has 2 aromatic rings. The summed E-state index contributed by atoms with van der Waals surface area (Å²) in [5.41, 5.74) is 2.23. The fraction of sp³-hybridized carbons (Fsp3) is 0.444. The van der Waals surface area contributed by atoms with Crippen molar-refractivity contribution in [3.05, 3.63) is 71.8 Å². The highest BCUT2D eigenvalue weighted by atomic mass is 32.2. The Morgan fingerprint density at radius 1 is 1.03 bits per heavy atom. The van der Waals surface area contributed by atoms with Gasteiger partial charge in [-0.05, 0) is 42.4 Å². The molecule has 4 amide bonds. The summed E-state index contributed by atoms with van der Waals surface area (Å²) in [6.07, 6.45) is 3.72. The lowest BCUT2D eigenvalue weighted by atomic mass is 10.0. The van der Waals surface area contributed by atoms with Gasteiger partial charge < -0.3 is 15.1 Å². The highest BCUT2D eigenvalue weighted by Crippen LogP contribution is 2.28. The monoisotopic (exact) mass is 509 g/mol. The van der Waals surface area contributed by atoms with Gasteiger partial charge in [0.1, 0.15) is 12.2 Å². The molecule has 0 spiro atoms. The molecule has 0 radical (unpaired) electrons. The third-order valence-corrected chi connectivity index (χ3v) is 7.41. The van der Waals surface area contributed by atoms with Gasteiger partial charge in [-0.15, -0.1) is 0 Å². The van der Waals surface area contributed by atoms with E-state index in [4.69, 9.17) is 0 Å². The van der Waals surface area contributed by atoms with E-state index in [0.717, 1.165) is 24.2 Å². The summed E-state index contributed by atoms with van der Waals surface area (Å²) < 4.78 is 0.